The number of hydrogen-bond acceptors (Lipinski definition) is 3. The van der Waals surface area contributed by atoms with Crippen LogP contribution in [0, 0.1) is 0 Å². The third-order valence-electron chi connectivity index (χ3n) is 1.46. The van der Waals surface area contributed by atoms with Crippen molar-refractivity contribution in [2.45, 2.75) is 19.8 Å². The lowest BCUT2D eigenvalue weighted by Gasteiger charge is -2.02. The Morgan fingerprint density at radius 1 is 1.77 bits per heavy atom. The van der Waals surface area contributed by atoms with E-state index in [1.807, 2.05) is 0 Å². The molecule has 0 aliphatic carbocycles. The topological polar surface area (TPSA) is 67.0 Å². The number of H-pyrrole nitrogens is 1. The van der Waals surface area contributed by atoms with Crippen molar-refractivity contribution in [3.8, 4) is 6.01 Å². The lowest BCUT2D eigenvalue weighted by atomic mass is 10.3. The van der Waals surface area contributed by atoms with Gasteiger partial charge in [-0.15, -0.1) is 0 Å². The molecule has 0 aromatic carbocycles. The predicted octanol–water partition coefficient (Wildman–Crippen LogP) is 1.30. The van der Waals surface area contributed by atoms with E-state index in [1.54, 1.807) is 6.20 Å². The Bertz CT molecular complexity index is 246. The maximum Gasteiger partial charge on any atom is 0.415 e. The fourth-order valence-corrected chi connectivity index (χ4v) is 0.798. The minimum absolute atomic E-state index is 0.217. The number of ether oxygens (including phenoxy) is 1. The highest BCUT2D eigenvalue weighted by molar-refractivity contribution is 5.69. The third-order valence-corrected chi connectivity index (χ3v) is 1.46. The monoisotopic (exact) mass is 183 g/mol. The molecule has 0 atom stereocenters. The van der Waals surface area contributed by atoms with E-state index < -0.39 is 6.09 Å². The molecule has 72 valence electrons. The summed E-state index contributed by atoms with van der Waals surface area (Å²) in [5, 5.41) is 2.60. The van der Waals surface area contributed by atoms with Crippen LogP contribution >= 0.6 is 0 Å². The van der Waals surface area contributed by atoms with Crippen LogP contribution in [0.3, 0.4) is 0 Å². The van der Waals surface area contributed by atoms with E-state index >= 15 is 0 Å². The summed E-state index contributed by atoms with van der Waals surface area (Å²) >= 11 is 0. The number of nitrogens with one attached hydrogen (secondary N) is 2. The van der Waals surface area contributed by atoms with Gasteiger partial charge >= 0.3 is 12.1 Å². The molecule has 1 heterocycles. The van der Waals surface area contributed by atoms with Crippen molar-refractivity contribution in [1.29, 1.82) is 0 Å². The summed E-state index contributed by atoms with van der Waals surface area (Å²) in [6.07, 6.45) is 4.64. The fraction of sp³-hybridized carbons (Fsp3) is 0.500. The lowest BCUT2D eigenvalue weighted by molar-refractivity contribution is 0.197. The summed E-state index contributed by atoms with van der Waals surface area (Å²) in [6.45, 7) is 2.69. The Morgan fingerprint density at radius 2 is 2.62 bits per heavy atom. The van der Waals surface area contributed by atoms with E-state index in [4.69, 9.17) is 4.74 Å². The van der Waals surface area contributed by atoms with Gasteiger partial charge in [-0.25, -0.2) is 9.78 Å². The molecule has 5 nitrogen and oxygen atoms in total. The summed E-state index contributed by atoms with van der Waals surface area (Å²) in [5.74, 6) is 0. The average Bonchev–Trinajstić information content (AvgIpc) is 2.57. The number of aromatic nitrogens is 2. The molecule has 0 spiro atoms. The maximum atomic E-state index is 11.0. The molecular formula is C8H13N3O2. The van der Waals surface area contributed by atoms with Crippen molar-refractivity contribution in [3.63, 3.8) is 0 Å². The second-order valence-electron chi connectivity index (χ2n) is 2.56. The van der Waals surface area contributed by atoms with E-state index in [0.29, 0.717) is 6.54 Å². The van der Waals surface area contributed by atoms with Gasteiger partial charge in [0.1, 0.15) is 0 Å². The molecule has 2 N–H and O–H groups in total. The van der Waals surface area contributed by atoms with E-state index in [1.165, 1.54) is 6.20 Å². The van der Waals surface area contributed by atoms with Gasteiger partial charge in [-0.05, 0) is 6.42 Å². The number of carbonyl (C=O) groups excluding carboxylic acids is 1. The Labute approximate surface area is 76.5 Å². The van der Waals surface area contributed by atoms with Crippen LogP contribution in [0.2, 0.25) is 0 Å². The lowest BCUT2D eigenvalue weighted by Crippen LogP contribution is -2.27. The summed E-state index contributed by atoms with van der Waals surface area (Å²) in [7, 11) is 0. The quantitative estimate of drug-likeness (QED) is 0.691. The summed E-state index contributed by atoms with van der Waals surface area (Å²) in [6, 6.07) is 0.217. The van der Waals surface area contributed by atoms with Gasteiger partial charge in [0, 0.05) is 18.9 Å². The SMILES string of the molecule is CCCCNC(=O)Oc1ncc[nH]1. The molecule has 1 aromatic heterocycles. The van der Waals surface area contributed by atoms with E-state index in [2.05, 4.69) is 22.2 Å². The Hall–Kier alpha value is -1.52. The van der Waals surface area contributed by atoms with Crippen LogP contribution < -0.4 is 10.1 Å². The van der Waals surface area contributed by atoms with Crippen LogP contribution in [0.5, 0.6) is 6.01 Å². The zero-order chi connectivity index (χ0) is 9.52. The highest BCUT2D eigenvalue weighted by Gasteiger charge is 2.03. The predicted molar refractivity (Wildman–Crippen MR) is 47.5 cm³/mol. The molecule has 0 unspecified atom stereocenters. The number of rotatable bonds is 4. The Balaban J connectivity index is 2.18. The molecule has 0 aliphatic heterocycles. The molecule has 1 rings (SSSR count). The zero-order valence-electron chi connectivity index (χ0n) is 7.54. The summed E-state index contributed by atoms with van der Waals surface area (Å²) in [5.41, 5.74) is 0. The number of amides is 1. The number of imidazole rings is 1. The largest absolute Gasteiger partial charge is 0.415 e. The fourth-order valence-electron chi connectivity index (χ4n) is 0.798. The summed E-state index contributed by atoms with van der Waals surface area (Å²) in [4.78, 5) is 17.4. The zero-order valence-corrected chi connectivity index (χ0v) is 7.54. The summed E-state index contributed by atoms with van der Waals surface area (Å²) < 4.78 is 4.78. The van der Waals surface area contributed by atoms with Crippen LogP contribution in [-0.4, -0.2) is 22.6 Å². The molecule has 0 saturated heterocycles. The second kappa shape index (κ2) is 5.18. The molecule has 0 fully saturated rings. The first-order valence-electron chi connectivity index (χ1n) is 4.28. The van der Waals surface area contributed by atoms with Crippen LogP contribution in [0.1, 0.15) is 19.8 Å². The van der Waals surface area contributed by atoms with Gasteiger partial charge in [-0.3, -0.25) is 0 Å². The van der Waals surface area contributed by atoms with Crippen molar-refractivity contribution in [3.05, 3.63) is 12.4 Å². The van der Waals surface area contributed by atoms with Crippen molar-refractivity contribution in [2.24, 2.45) is 0 Å². The number of nitrogens with zero attached hydrogens (tertiary/aromatic N) is 1. The molecule has 0 aliphatic rings. The van der Waals surface area contributed by atoms with Gasteiger partial charge in [0.15, 0.2) is 0 Å². The molecule has 5 heteroatoms. The van der Waals surface area contributed by atoms with Gasteiger partial charge in [-0.2, -0.15) is 0 Å². The minimum atomic E-state index is -0.469. The van der Waals surface area contributed by atoms with E-state index in [0.717, 1.165) is 12.8 Å². The van der Waals surface area contributed by atoms with E-state index in [-0.39, 0.29) is 6.01 Å². The van der Waals surface area contributed by atoms with Crippen LogP contribution in [-0.2, 0) is 0 Å². The first kappa shape index (κ1) is 9.57. The van der Waals surface area contributed by atoms with Gasteiger partial charge in [0.25, 0.3) is 0 Å². The van der Waals surface area contributed by atoms with Gasteiger partial charge in [0.05, 0.1) is 0 Å². The Morgan fingerprint density at radius 3 is 3.23 bits per heavy atom. The van der Waals surface area contributed by atoms with Crippen molar-refractivity contribution in [2.75, 3.05) is 6.54 Å². The van der Waals surface area contributed by atoms with Gasteiger partial charge < -0.3 is 15.0 Å². The second-order valence-corrected chi connectivity index (χ2v) is 2.56. The minimum Gasteiger partial charge on any atom is -0.375 e. The standard InChI is InChI=1S/C8H13N3O2/c1-2-3-4-11-8(12)13-7-9-5-6-10-7/h5-6H,2-4H2,1H3,(H,9,10)(H,11,12). The van der Waals surface area contributed by atoms with Crippen molar-refractivity contribution in [1.82, 2.24) is 15.3 Å². The normalized spacial score (nSPS) is 9.62. The maximum absolute atomic E-state index is 11.0. The molecular weight excluding hydrogens is 170 g/mol. The molecule has 0 bridgehead atoms. The first-order valence-corrected chi connectivity index (χ1v) is 4.28. The van der Waals surface area contributed by atoms with Gasteiger partial charge in [-0.1, -0.05) is 13.3 Å². The highest BCUT2D eigenvalue weighted by atomic mass is 16.6. The first-order chi connectivity index (χ1) is 6.33. The smallest absolute Gasteiger partial charge is 0.375 e. The molecule has 0 radical (unpaired) electrons. The van der Waals surface area contributed by atoms with Gasteiger partial charge in [0.2, 0.25) is 0 Å². The highest BCUT2D eigenvalue weighted by Crippen LogP contribution is 1.98. The number of carbonyl (C=O) groups is 1. The number of unbranched alkanes of at least 4 members (excludes halogenated alkanes) is 1. The third kappa shape index (κ3) is 3.59. The molecule has 0 saturated carbocycles. The van der Waals surface area contributed by atoms with Crippen molar-refractivity contribution >= 4 is 6.09 Å². The number of hydrogen-bond donors (Lipinski definition) is 2. The molecule has 1 amide bonds. The van der Waals surface area contributed by atoms with Crippen LogP contribution in [0.4, 0.5) is 4.79 Å². The van der Waals surface area contributed by atoms with E-state index in [9.17, 15) is 4.79 Å². The average molecular weight is 183 g/mol. The molecule has 1 aromatic rings. The van der Waals surface area contributed by atoms with Crippen molar-refractivity contribution < 1.29 is 9.53 Å². The van der Waals surface area contributed by atoms with Crippen LogP contribution in [0.25, 0.3) is 0 Å². The Kier molecular flexibility index (Phi) is 3.81. The molecule has 13 heavy (non-hydrogen) atoms. The number of aromatic amines is 1. The van der Waals surface area contributed by atoms with Crippen LogP contribution in [0.15, 0.2) is 12.4 Å².